The third-order valence-corrected chi connectivity index (χ3v) is 19.2. The minimum absolute atomic E-state index is 0.240. The number of hydrogen-bond acceptors (Lipinski definition) is 6. The molecule has 0 saturated carbocycles. The Hall–Kier alpha value is -2.28. The molecule has 0 atom stereocenters. The zero-order chi connectivity index (χ0) is 34.5. The molecule has 0 fully saturated rings. The van der Waals surface area contributed by atoms with Crippen LogP contribution in [0.1, 0.15) is 22.3 Å². The van der Waals surface area contributed by atoms with E-state index in [9.17, 15) is 0 Å². The number of aromatic nitrogens is 2. The summed E-state index contributed by atoms with van der Waals surface area (Å²) in [6.45, 7) is 0. The predicted molar refractivity (Wildman–Crippen MR) is 207 cm³/mol. The van der Waals surface area contributed by atoms with Crippen molar-refractivity contribution in [2.24, 2.45) is 30.0 Å². The van der Waals surface area contributed by atoms with Gasteiger partial charge in [0.1, 0.15) is 0 Å². The average Bonchev–Trinajstić information content (AvgIpc) is 3.81. The van der Waals surface area contributed by atoms with E-state index in [2.05, 4.69) is 0 Å². The van der Waals surface area contributed by atoms with Gasteiger partial charge < -0.3 is 0 Å². The number of rotatable bonds is 0. The van der Waals surface area contributed by atoms with E-state index < -0.39 is 20.8 Å². The van der Waals surface area contributed by atoms with Crippen LogP contribution in [0.4, 0.5) is 11.6 Å². The van der Waals surface area contributed by atoms with Crippen LogP contribution in [-0.4, -0.2) is 49.3 Å². The molecule has 0 aliphatic carbocycles. The van der Waals surface area contributed by atoms with Gasteiger partial charge in [0.15, 0.2) is 0 Å². The Labute approximate surface area is 332 Å². The molecule has 6 heterocycles. The molecular formula is C32H8Cl9InN8. The fraction of sp³-hybridized carbons (Fsp3) is 0. The van der Waals surface area contributed by atoms with Gasteiger partial charge in [-0.25, -0.2) is 0 Å². The Kier molecular flexibility index (Phi) is 7.36. The first-order chi connectivity index (χ1) is 24.0. The van der Waals surface area contributed by atoms with E-state index in [-0.39, 0.29) is 23.3 Å². The van der Waals surface area contributed by atoms with Crippen molar-refractivity contribution in [3.05, 3.63) is 122 Å². The van der Waals surface area contributed by atoms with Crippen LogP contribution in [0.2, 0.25) is 40.2 Å². The number of aliphatic imine (C=N–C) groups is 4. The zero-order valence-electron chi connectivity index (χ0n) is 24.2. The molecule has 50 heavy (non-hydrogen) atoms. The summed E-state index contributed by atoms with van der Waals surface area (Å²) < 4.78 is 3.72. The Morgan fingerprint density at radius 2 is 0.660 bits per heavy atom. The van der Waals surface area contributed by atoms with Gasteiger partial charge in [0, 0.05) is 0 Å². The SMILES string of the molecule is Clc1ccc(Cl)c2c1C1=NC2=Nc2c3c(Cl)ccc(Cl)c3c3[n]2[In]([Cl])[n]2c(c4c(Cl)ccc(Cl)c4c2=NC2=NC(=N3)c3c(Cl)ccc(Cl)c32)=N1. The number of halogens is 9. The van der Waals surface area contributed by atoms with Crippen molar-refractivity contribution in [1.29, 1.82) is 0 Å². The molecule has 242 valence electrons. The molecule has 4 aromatic carbocycles. The number of nitrogens with zero attached hydrogens (tertiary/aromatic N) is 8. The van der Waals surface area contributed by atoms with E-state index >= 15 is 0 Å². The molecule has 0 radical (unpaired) electrons. The van der Waals surface area contributed by atoms with E-state index in [0.29, 0.717) is 107 Å². The first-order valence-electron chi connectivity index (χ1n) is 14.5. The molecule has 4 aliphatic rings. The van der Waals surface area contributed by atoms with E-state index in [4.69, 9.17) is 131 Å². The molecule has 0 saturated heterocycles. The number of fused-ring (bicyclic) bond motifs is 14. The summed E-state index contributed by atoms with van der Waals surface area (Å²) in [6, 6.07) is 13.4. The first-order valence-corrected chi connectivity index (χ1v) is 24.6. The van der Waals surface area contributed by atoms with Gasteiger partial charge in [-0.05, 0) is 0 Å². The summed E-state index contributed by atoms with van der Waals surface area (Å²) in [7, 11) is 7.88. The maximum absolute atomic E-state index is 7.88. The normalized spacial score (nSPS) is 15.3. The van der Waals surface area contributed by atoms with Crippen LogP contribution < -0.4 is 11.0 Å². The van der Waals surface area contributed by atoms with Gasteiger partial charge in [0.25, 0.3) is 0 Å². The summed E-state index contributed by atoms with van der Waals surface area (Å²) in [5.41, 5.74) is 2.61. The van der Waals surface area contributed by atoms with Gasteiger partial charge >= 0.3 is 336 Å². The molecule has 8 nitrogen and oxygen atoms in total. The molecule has 0 unspecified atom stereocenters. The number of hydrogen-bond donors (Lipinski definition) is 0. The van der Waals surface area contributed by atoms with Crippen molar-refractivity contribution in [2.45, 2.75) is 0 Å². The second-order valence-corrected chi connectivity index (χ2v) is 22.0. The van der Waals surface area contributed by atoms with Crippen molar-refractivity contribution >= 4 is 179 Å². The first kappa shape index (κ1) is 32.4. The van der Waals surface area contributed by atoms with Crippen molar-refractivity contribution in [1.82, 2.24) is 5.11 Å². The Morgan fingerprint density at radius 3 is 1.02 bits per heavy atom. The van der Waals surface area contributed by atoms with E-state index in [1.54, 1.807) is 48.5 Å². The van der Waals surface area contributed by atoms with Crippen molar-refractivity contribution in [2.75, 3.05) is 0 Å². The minimum atomic E-state index is -4.24. The van der Waals surface area contributed by atoms with Gasteiger partial charge in [0.2, 0.25) is 0 Å². The molecule has 18 heteroatoms. The predicted octanol–water partition coefficient (Wildman–Crippen LogP) is 10.4. The molecule has 0 spiro atoms. The Bertz CT molecular complexity index is 2750. The summed E-state index contributed by atoms with van der Waals surface area (Å²) in [6.07, 6.45) is 0. The standard InChI is InChI=1S/C32H8Cl8N8.ClH.In/c33-9-1-2-10(34)18-17(9)25-41-26(18)46-28-21-13(37)5-6-14(38)22(21)30(43-28)48-32-24-16(40)8-7-15(39)23(24)31(44-32)47-29-20-12(36)4-3-11(35)19(20)27(42-29)45-25;;/h1-8H;1H;/q-2;;+3/p-1. The van der Waals surface area contributed by atoms with Gasteiger partial charge in [-0.15, -0.1) is 0 Å². The number of amidine groups is 4. The zero-order valence-corrected chi connectivity index (χ0v) is 34.3. The topological polar surface area (TPSA) is 84.0 Å². The third-order valence-electron chi connectivity index (χ3n) is 8.81. The van der Waals surface area contributed by atoms with Gasteiger partial charge in [-0.3, -0.25) is 0 Å². The van der Waals surface area contributed by atoms with Crippen molar-refractivity contribution in [3.8, 4) is 0 Å². The molecule has 4 aliphatic heterocycles. The van der Waals surface area contributed by atoms with Crippen LogP contribution in [0.5, 0.6) is 0 Å². The van der Waals surface area contributed by atoms with Crippen LogP contribution in [0.15, 0.2) is 78.5 Å². The van der Waals surface area contributed by atoms with Crippen LogP contribution in [-0.2, 0) is 0 Å². The molecule has 2 aromatic heterocycles. The van der Waals surface area contributed by atoms with Crippen molar-refractivity contribution < 1.29 is 0 Å². The molecule has 0 amide bonds. The van der Waals surface area contributed by atoms with Gasteiger partial charge in [-0.1, -0.05) is 0 Å². The van der Waals surface area contributed by atoms with E-state index in [1.807, 2.05) is 5.11 Å². The van der Waals surface area contributed by atoms with Gasteiger partial charge in [0.05, 0.1) is 0 Å². The molecule has 0 N–H and O–H groups in total. The quantitative estimate of drug-likeness (QED) is 0.145. The maximum atomic E-state index is 7.88. The second-order valence-electron chi connectivity index (χ2n) is 11.4. The van der Waals surface area contributed by atoms with Crippen LogP contribution >= 0.6 is 101 Å². The molecule has 10 rings (SSSR count). The third kappa shape index (κ3) is 4.31. The number of benzene rings is 4. The van der Waals surface area contributed by atoms with Crippen molar-refractivity contribution in [3.63, 3.8) is 0 Å². The van der Waals surface area contributed by atoms with Crippen LogP contribution in [0.25, 0.3) is 21.5 Å². The van der Waals surface area contributed by atoms with E-state index in [1.165, 1.54) is 0 Å². The summed E-state index contributed by atoms with van der Waals surface area (Å²) >= 11 is 51.1. The summed E-state index contributed by atoms with van der Waals surface area (Å²) in [5.74, 6) is 1.65. The van der Waals surface area contributed by atoms with Crippen LogP contribution in [0, 0.1) is 0 Å². The second kappa shape index (κ2) is 11.4. The summed E-state index contributed by atoms with van der Waals surface area (Å²) in [4.78, 5) is 30.3. The van der Waals surface area contributed by atoms with Gasteiger partial charge in [-0.2, -0.15) is 0 Å². The fourth-order valence-electron chi connectivity index (χ4n) is 6.75. The molecular weight excluding hydrogens is 930 g/mol. The molecule has 6 aromatic rings. The average molecular weight is 938 g/mol. The van der Waals surface area contributed by atoms with Crippen LogP contribution in [0.3, 0.4) is 0 Å². The summed E-state index contributed by atoms with van der Waals surface area (Å²) in [5, 5.41) is 4.79. The fourth-order valence-corrected chi connectivity index (χ4v) is 16.3. The Morgan fingerprint density at radius 1 is 0.360 bits per heavy atom. The monoisotopic (exact) mass is 934 g/mol. The van der Waals surface area contributed by atoms with E-state index in [0.717, 1.165) is 0 Å². The Balaban J connectivity index is 1.55. The molecule has 6 bridgehead atoms.